The average Bonchev–Trinajstić information content (AvgIpc) is 3.38. The van der Waals surface area contributed by atoms with E-state index in [0.717, 1.165) is 81.2 Å². The van der Waals surface area contributed by atoms with Crippen LogP contribution in [0.3, 0.4) is 0 Å². The zero-order chi connectivity index (χ0) is 33.5. The van der Waals surface area contributed by atoms with Crippen LogP contribution >= 0.6 is 0 Å². The smallest absolute Gasteiger partial charge is 0.234 e. The first-order valence-corrected chi connectivity index (χ1v) is 17.3. The van der Waals surface area contributed by atoms with Crippen LogP contribution in [0.25, 0.3) is 11.3 Å². The second-order valence-electron chi connectivity index (χ2n) is 13.8. The number of aromatic nitrogens is 4. The Bertz CT molecular complexity index is 1850. The maximum absolute atomic E-state index is 12.6. The van der Waals surface area contributed by atoms with Crippen LogP contribution in [0.5, 0.6) is 5.75 Å². The van der Waals surface area contributed by atoms with Crippen molar-refractivity contribution in [3.63, 3.8) is 0 Å². The molecule has 3 atom stereocenters. The van der Waals surface area contributed by atoms with Gasteiger partial charge in [0, 0.05) is 56.1 Å². The van der Waals surface area contributed by atoms with Crippen LogP contribution in [0, 0.1) is 0 Å². The number of rotatable bonds is 7. The Balaban J connectivity index is 0.895. The number of piperazine rings is 1. The molecule has 4 saturated heterocycles. The summed E-state index contributed by atoms with van der Waals surface area (Å²) in [5.41, 5.74) is 11.8. The number of imide groups is 1. The van der Waals surface area contributed by atoms with Gasteiger partial charge < -0.3 is 20.6 Å². The number of anilines is 3. The molecule has 4 fully saturated rings. The summed E-state index contributed by atoms with van der Waals surface area (Å²) in [6, 6.07) is 17.7. The summed E-state index contributed by atoms with van der Waals surface area (Å²) in [7, 11) is 0. The fourth-order valence-corrected chi connectivity index (χ4v) is 8.24. The molecule has 0 spiro atoms. The van der Waals surface area contributed by atoms with Gasteiger partial charge in [0.05, 0.1) is 17.3 Å². The number of fused-ring (bicyclic) bond motifs is 2. The third-order valence-corrected chi connectivity index (χ3v) is 10.8. The number of phenolic OH excluding ortho intramolecular Hbond substituents is 1. The summed E-state index contributed by atoms with van der Waals surface area (Å²) in [4.78, 5) is 41.2. The summed E-state index contributed by atoms with van der Waals surface area (Å²) < 4.78 is 0. The molecule has 3 unspecified atom stereocenters. The van der Waals surface area contributed by atoms with Gasteiger partial charge in [-0.15, -0.1) is 10.2 Å². The lowest BCUT2D eigenvalue weighted by Gasteiger charge is -2.42. The van der Waals surface area contributed by atoms with Crippen LogP contribution in [0.15, 0.2) is 67.0 Å². The topological polar surface area (TPSA) is 154 Å². The number of para-hydroxylation sites is 1. The minimum Gasteiger partial charge on any atom is -0.507 e. The van der Waals surface area contributed by atoms with Gasteiger partial charge in [0.15, 0.2) is 5.82 Å². The van der Waals surface area contributed by atoms with Crippen LogP contribution < -0.4 is 20.9 Å². The number of hydrogen-bond acceptors (Lipinski definition) is 11. The van der Waals surface area contributed by atoms with Gasteiger partial charge in [0.25, 0.3) is 0 Å². The number of nitrogens with two attached hydrogens (primary N) is 1. The molecule has 4 aliphatic rings. The Hall–Kier alpha value is -5.10. The lowest BCUT2D eigenvalue weighted by atomic mass is 9.86. The largest absolute Gasteiger partial charge is 0.507 e. The molecule has 2 aromatic carbocycles. The van der Waals surface area contributed by atoms with Gasteiger partial charge in [-0.2, -0.15) is 0 Å². The predicted molar refractivity (Wildman–Crippen MR) is 186 cm³/mol. The number of carbonyl (C=O) groups excluding carboxylic acids is 2. The molecule has 4 aliphatic heterocycles. The van der Waals surface area contributed by atoms with Crippen molar-refractivity contribution >= 4 is 29.3 Å². The number of likely N-dealkylation sites (tertiary alicyclic amines) is 1. The van der Waals surface area contributed by atoms with Crippen LogP contribution in [0.1, 0.15) is 67.1 Å². The van der Waals surface area contributed by atoms with Crippen molar-refractivity contribution in [2.75, 3.05) is 41.7 Å². The van der Waals surface area contributed by atoms with E-state index in [1.54, 1.807) is 12.1 Å². The number of piperidine rings is 2. The summed E-state index contributed by atoms with van der Waals surface area (Å²) in [5.74, 6) is 1.11. The Morgan fingerprint density at radius 3 is 2.33 bits per heavy atom. The highest BCUT2D eigenvalue weighted by Crippen LogP contribution is 2.38. The summed E-state index contributed by atoms with van der Waals surface area (Å²) in [5, 5.41) is 21.4. The van der Waals surface area contributed by atoms with E-state index in [1.165, 1.54) is 5.56 Å². The van der Waals surface area contributed by atoms with Crippen molar-refractivity contribution in [2.24, 2.45) is 0 Å². The van der Waals surface area contributed by atoms with Crippen LogP contribution in [0.2, 0.25) is 0 Å². The van der Waals surface area contributed by atoms with Crippen molar-refractivity contribution in [3.05, 3.63) is 83.7 Å². The maximum Gasteiger partial charge on any atom is 0.234 e. The fraction of sp³-hybridized carbons (Fsp3) is 0.405. The zero-order valence-electron chi connectivity index (χ0n) is 27.4. The number of phenols is 1. The van der Waals surface area contributed by atoms with Crippen molar-refractivity contribution in [1.82, 2.24) is 30.4 Å². The normalized spacial score (nSPS) is 23.1. The van der Waals surface area contributed by atoms with E-state index in [4.69, 9.17) is 15.7 Å². The van der Waals surface area contributed by atoms with Gasteiger partial charge in [-0.25, -0.2) is 9.97 Å². The molecule has 6 heterocycles. The molecular formula is C37H41N9O3. The van der Waals surface area contributed by atoms with Crippen LogP contribution in [0.4, 0.5) is 17.5 Å². The molecule has 8 rings (SSSR count). The minimum absolute atomic E-state index is 0.163. The second-order valence-corrected chi connectivity index (χ2v) is 13.8. The molecule has 2 bridgehead atoms. The van der Waals surface area contributed by atoms with Gasteiger partial charge >= 0.3 is 0 Å². The van der Waals surface area contributed by atoms with Crippen molar-refractivity contribution in [1.29, 1.82) is 0 Å². The Morgan fingerprint density at radius 2 is 1.59 bits per heavy atom. The molecule has 252 valence electrons. The fourth-order valence-electron chi connectivity index (χ4n) is 8.24. The summed E-state index contributed by atoms with van der Waals surface area (Å²) in [6.07, 6.45) is 9.16. The quantitative estimate of drug-likeness (QED) is 0.247. The number of hydrogen-bond donors (Lipinski definition) is 3. The zero-order valence-corrected chi connectivity index (χ0v) is 27.4. The van der Waals surface area contributed by atoms with Crippen molar-refractivity contribution in [2.45, 2.75) is 69.0 Å². The summed E-state index contributed by atoms with van der Waals surface area (Å²) >= 11 is 0. The number of amides is 2. The second kappa shape index (κ2) is 13.1. The first-order valence-electron chi connectivity index (χ1n) is 17.3. The van der Waals surface area contributed by atoms with Crippen molar-refractivity contribution < 1.29 is 14.7 Å². The SMILES string of the molecule is Nc1nnc(-c2ccccc2O)cc1N1CC2CCC(C1)N2c1ncc(C2CCN(Cc3ccccc3C3CCC(=O)NC3=O)CC2)cn1. The van der Waals surface area contributed by atoms with E-state index in [-0.39, 0.29) is 35.6 Å². The van der Waals surface area contributed by atoms with Crippen LogP contribution in [-0.4, -0.2) is 80.2 Å². The number of nitrogens with zero attached hydrogens (tertiary/aromatic N) is 7. The Kier molecular flexibility index (Phi) is 8.32. The molecule has 2 amide bonds. The predicted octanol–water partition coefficient (Wildman–Crippen LogP) is 3.98. The Morgan fingerprint density at radius 1 is 0.878 bits per heavy atom. The summed E-state index contributed by atoms with van der Waals surface area (Å²) in [6.45, 7) is 4.27. The third-order valence-electron chi connectivity index (χ3n) is 10.8. The van der Waals surface area contributed by atoms with Gasteiger partial charge in [0.1, 0.15) is 5.75 Å². The van der Waals surface area contributed by atoms with E-state index < -0.39 is 0 Å². The lowest BCUT2D eigenvalue weighted by molar-refractivity contribution is -0.134. The molecule has 49 heavy (non-hydrogen) atoms. The van der Waals surface area contributed by atoms with Gasteiger partial charge in [-0.3, -0.25) is 19.8 Å². The molecule has 12 heteroatoms. The van der Waals surface area contributed by atoms with E-state index >= 15 is 0 Å². The van der Waals surface area contributed by atoms with Crippen LogP contribution in [-0.2, 0) is 16.1 Å². The number of nitrogen functional groups attached to an aromatic ring is 1. The number of nitrogens with one attached hydrogen (secondary N) is 1. The minimum atomic E-state index is -0.269. The monoisotopic (exact) mass is 659 g/mol. The first-order chi connectivity index (χ1) is 23.9. The van der Waals surface area contributed by atoms with E-state index in [1.807, 2.05) is 48.8 Å². The molecule has 4 N–H and O–H groups in total. The van der Waals surface area contributed by atoms with Gasteiger partial charge in [0.2, 0.25) is 17.8 Å². The number of benzene rings is 2. The van der Waals surface area contributed by atoms with E-state index in [2.05, 4.69) is 36.3 Å². The molecule has 0 saturated carbocycles. The van der Waals surface area contributed by atoms with Crippen molar-refractivity contribution in [3.8, 4) is 17.0 Å². The molecule has 4 aromatic rings. The highest BCUT2D eigenvalue weighted by molar-refractivity contribution is 6.01. The van der Waals surface area contributed by atoms with Gasteiger partial charge in [-0.1, -0.05) is 36.4 Å². The van der Waals surface area contributed by atoms with E-state index in [0.29, 0.717) is 35.8 Å². The highest BCUT2D eigenvalue weighted by Gasteiger charge is 2.42. The highest BCUT2D eigenvalue weighted by atomic mass is 16.3. The number of aromatic hydroxyl groups is 1. The van der Waals surface area contributed by atoms with E-state index in [9.17, 15) is 14.7 Å². The third kappa shape index (κ3) is 6.16. The maximum atomic E-state index is 12.6. The lowest BCUT2D eigenvalue weighted by Crippen LogP contribution is -2.54. The number of carbonyl (C=O) groups is 2. The van der Waals surface area contributed by atoms with Gasteiger partial charge in [-0.05, 0) is 86.0 Å². The standard InChI is InChI=1S/C37H41N9O3/c38-35-32(17-31(42-43-35)30-7-3-4-8-33(30)47)45-21-26-9-10-27(22-45)46(26)37-39-18-25(19-40-37)23-13-15-44(16-14-23)20-24-5-1-2-6-28(24)29-11-12-34(48)41-36(29)49/h1-8,17-19,23,26-27,29,47H,9-16,20-22H2,(H2,38,43)(H,41,48,49). The molecule has 0 aliphatic carbocycles. The molecule has 12 nitrogen and oxygen atoms in total. The average molecular weight is 660 g/mol. The molecule has 2 aromatic heterocycles. The Labute approximate surface area is 285 Å². The molecular weight excluding hydrogens is 618 g/mol. The molecule has 0 radical (unpaired) electrons. The first kappa shape index (κ1) is 31.2.